The fourth-order valence-electron chi connectivity index (χ4n) is 3.59. The van der Waals surface area contributed by atoms with Crippen LogP contribution >= 0.6 is 0 Å². The van der Waals surface area contributed by atoms with Gasteiger partial charge in [0, 0.05) is 32.0 Å². The summed E-state index contributed by atoms with van der Waals surface area (Å²) in [7, 11) is 0. The molecule has 0 radical (unpaired) electrons. The molecule has 2 nitrogen and oxygen atoms in total. The number of carbonyl (C=O) groups excluding carboxylic acids is 1. The molecule has 1 saturated heterocycles. The third-order valence-electron chi connectivity index (χ3n) is 5.03. The zero-order valence-corrected chi connectivity index (χ0v) is 14.8. The first-order valence-corrected chi connectivity index (χ1v) is 9.59. The van der Waals surface area contributed by atoms with Crippen LogP contribution in [0.15, 0.2) is 30.3 Å². The van der Waals surface area contributed by atoms with Crippen LogP contribution in [0.1, 0.15) is 76.7 Å². The Bertz CT molecular complexity index is 442. The van der Waals surface area contributed by atoms with Crippen molar-refractivity contribution in [2.45, 2.75) is 83.7 Å². The summed E-state index contributed by atoms with van der Waals surface area (Å²) in [5, 5.41) is 0. The summed E-state index contributed by atoms with van der Waals surface area (Å²) in [6, 6.07) is 11.1. The SMILES string of the molecule is CCCCCCCCCC1CC(=O)CCN1Cc1ccccc1. The van der Waals surface area contributed by atoms with Gasteiger partial charge in [0.2, 0.25) is 0 Å². The van der Waals surface area contributed by atoms with Gasteiger partial charge in [-0.15, -0.1) is 0 Å². The molecule has 1 atom stereocenters. The highest BCUT2D eigenvalue weighted by Crippen LogP contribution is 2.22. The minimum absolute atomic E-state index is 0.460. The molecule has 2 rings (SSSR count). The molecule has 1 aromatic carbocycles. The van der Waals surface area contributed by atoms with E-state index in [1.54, 1.807) is 0 Å². The van der Waals surface area contributed by atoms with Crippen molar-refractivity contribution in [2.75, 3.05) is 6.54 Å². The smallest absolute Gasteiger partial charge is 0.135 e. The summed E-state index contributed by atoms with van der Waals surface area (Å²) in [5.41, 5.74) is 1.37. The number of nitrogens with zero attached hydrogens (tertiary/aromatic N) is 1. The average Bonchev–Trinajstić information content (AvgIpc) is 2.57. The Kier molecular flexibility index (Phi) is 8.38. The molecule has 23 heavy (non-hydrogen) atoms. The van der Waals surface area contributed by atoms with E-state index in [4.69, 9.17) is 0 Å². The lowest BCUT2D eigenvalue weighted by molar-refractivity contribution is -0.123. The van der Waals surface area contributed by atoms with E-state index in [1.165, 1.54) is 56.9 Å². The molecule has 1 aliphatic rings. The van der Waals surface area contributed by atoms with Crippen LogP contribution in [0.4, 0.5) is 0 Å². The van der Waals surface area contributed by atoms with Crippen LogP contribution in [0.3, 0.4) is 0 Å². The molecule has 128 valence electrons. The molecule has 0 amide bonds. The van der Waals surface area contributed by atoms with Crippen LogP contribution in [-0.4, -0.2) is 23.3 Å². The Labute approximate surface area is 142 Å². The first-order chi connectivity index (χ1) is 11.3. The van der Waals surface area contributed by atoms with Crippen molar-refractivity contribution >= 4 is 5.78 Å². The number of piperidine rings is 1. The molecule has 0 saturated carbocycles. The van der Waals surface area contributed by atoms with Crippen LogP contribution in [-0.2, 0) is 11.3 Å². The normalized spacial score (nSPS) is 19.2. The number of unbranched alkanes of at least 4 members (excludes halogenated alkanes) is 6. The molecular weight excluding hydrogens is 282 g/mol. The van der Waals surface area contributed by atoms with Gasteiger partial charge in [-0.05, 0) is 12.0 Å². The number of rotatable bonds is 10. The van der Waals surface area contributed by atoms with E-state index >= 15 is 0 Å². The van der Waals surface area contributed by atoms with Gasteiger partial charge in [-0.1, -0.05) is 82.2 Å². The third kappa shape index (κ3) is 6.87. The monoisotopic (exact) mass is 315 g/mol. The van der Waals surface area contributed by atoms with Crippen LogP contribution in [0, 0.1) is 0 Å². The molecule has 1 unspecified atom stereocenters. The number of benzene rings is 1. The lowest BCUT2D eigenvalue weighted by Gasteiger charge is -2.35. The standard InChI is InChI=1S/C21H33NO/c1-2-3-4-5-6-7-11-14-20-17-21(23)15-16-22(20)18-19-12-9-8-10-13-19/h8-10,12-13,20H,2-7,11,14-18H2,1H3. The summed E-state index contributed by atoms with van der Waals surface area (Å²) in [5.74, 6) is 0.460. The van der Waals surface area contributed by atoms with Gasteiger partial charge < -0.3 is 0 Å². The second-order valence-electron chi connectivity index (χ2n) is 7.01. The predicted molar refractivity (Wildman–Crippen MR) is 97.5 cm³/mol. The maximum absolute atomic E-state index is 11.9. The van der Waals surface area contributed by atoms with Gasteiger partial charge >= 0.3 is 0 Å². The van der Waals surface area contributed by atoms with Gasteiger partial charge in [0.15, 0.2) is 0 Å². The molecule has 1 heterocycles. The van der Waals surface area contributed by atoms with Crippen molar-refractivity contribution in [3.05, 3.63) is 35.9 Å². The molecule has 0 spiro atoms. The predicted octanol–water partition coefficient (Wildman–Crippen LogP) is 5.36. The molecule has 1 aromatic rings. The molecule has 0 aliphatic carbocycles. The number of carbonyl (C=O) groups is 1. The van der Waals surface area contributed by atoms with Gasteiger partial charge in [-0.25, -0.2) is 0 Å². The van der Waals surface area contributed by atoms with E-state index in [1.807, 2.05) is 0 Å². The van der Waals surface area contributed by atoms with E-state index in [2.05, 4.69) is 42.2 Å². The first-order valence-electron chi connectivity index (χ1n) is 9.59. The molecule has 0 bridgehead atoms. The van der Waals surface area contributed by atoms with E-state index < -0.39 is 0 Å². The van der Waals surface area contributed by atoms with Crippen LogP contribution < -0.4 is 0 Å². The highest BCUT2D eigenvalue weighted by Gasteiger charge is 2.26. The molecule has 1 fully saturated rings. The Morgan fingerprint density at radius 2 is 1.70 bits per heavy atom. The lowest BCUT2D eigenvalue weighted by atomic mass is 9.95. The van der Waals surface area contributed by atoms with E-state index in [0.717, 1.165) is 25.9 Å². The van der Waals surface area contributed by atoms with Gasteiger partial charge in [0.05, 0.1) is 0 Å². The topological polar surface area (TPSA) is 20.3 Å². The highest BCUT2D eigenvalue weighted by molar-refractivity contribution is 5.79. The van der Waals surface area contributed by atoms with Crippen LogP contribution in [0.5, 0.6) is 0 Å². The van der Waals surface area contributed by atoms with Gasteiger partial charge in [-0.3, -0.25) is 9.69 Å². The van der Waals surface area contributed by atoms with Gasteiger partial charge in [0.1, 0.15) is 5.78 Å². The Balaban J connectivity index is 1.73. The van der Waals surface area contributed by atoms with Crippen LogP contribution in [0.25, 0.3) is 0 Å². The maximum atomic E-state index is 11.9. The molecule has 2 heteroatoms. The fourth-order valence-corrected chi connectivity index (χ4v) is 3.59. The summed E-state index contributed by atoms with van der Waals surface area (Å²) in [4.78, 5) is 14.4. The van der Waals surface area contributed by atoms with Gasteiger partial charge in [0.25, 0.3) is 0 Å². The number of hydrogen-bond acceptors (Lipinski definition) is 2. The highest BCUT2D eigenvalue weighted by atomic mass is 16.1. The van der Waals surface area contributed by atoms with Crippen molar-refractivity contribution in [3.63, 3.8) is 0 Å². The Hall–Kier alpha value is -1.15. The van der Waals surface area contributed by atoms with E-state index in [9.17, 15) is 4.79 Å². The maximum Gasteiger partial charge on any atom is 0.135 e. The van der Waals surface area contributed by atoms with Crippen molar-refractivity contribution < 1.29 is 4.79 Å². The summed E-state index contributed by atoms with van der Waals surface area (Å²) in [6.07, 6.45) is 12.1. The number of ketones is 1. The first kappa shape index (κ1) is 18.2. The number of Topliss-reactive ketones (excluding diaryl/α,β-unsaturated/α-hetero) is 1. The minimum atomic E-state index is 0.460. The molecular formula is C21H33NO. The largest absolute Gasteiger partial charge is 0.300 e. The third-order valence-corrected chi connectivity index (χ3v) is 5.03. The van der Waals surface area contributed by atoms with Crippen molar-refractivity contribution in [1.29, 1.82) is 0 Å². The summed E-state index contributed by atoms with van der Waals surface area (Å²) in [6.45, 7) is 4.20. The molecule has 0 aromatic heterocycles. The summed E-state index contributed by atoms with van der Waals surface area (Å²) >= 11 is 0. The fraction of sp³-hybridized carbons (Fsp3) is 0.667. The number of hydrogen-bond donors (Lipinski definition) is 0. The van der Waals surface area contributed by atoms with Crippen molar-refractivity contribution in [2.24, 2.45) is 0 Å². The van der Waals surface area contributed by atoms with Crippen LogP contribution in [0.2, 0.25) is 0 Å². The zero-order chi connectivity index (χ0) is 16.3. The minimum Gasteiger partial charge on any atom is -0.300 e. The second kappa shape index (κ2) is 10.6. The molecule has 0 N–H and O–H groups in total. The second-order valence-corrected chi connectivity index (χ2v) is 7.01. The van der Waals surface area contributed by atoms with E-state index in [0.29, 0.717) is 11.8 Å². The Morgan fingerprint density at radius 1 is 1.00 bits per heavy atom. The Morgan fingerprint density at radius 3 is 2.43 bits per heavy atom. The average molecular weight is 316 g/mol. The number of likely N-dealkylation sites (tertiary alicyclic amines) is 1. The van der Waals surface area contributed by atoms with Crippen molar-refractivity contribution in [3.8, 4) is 0 Å². The van der Waals surface area contributed by atoms with E-state index in [-0.39, 0.29) is 0 Å². The quantitative estimate of drug-likeness (QED) is 0.542. The zero-order valence-electron chi connectivity index (χ0n) is 14.8. The summed E-state index contributed by atoms with van der Waals surface area (Å²) < 4.78 is 0. The van der Waals surface area contributed by atoms with Gasteiger partial charge in [-0.2, -0.15) is 0 Å². The van der Waals surface area contributed by atoms with Crippen molar-refractivity contribution in [1.82, 2.24) is 4.90 Å². The molecule has 1 aliphatic heterocycles. The lowest BCUT2D eigenvalue weighted by Crippen LogP contribution is -2.42.